The number of nitrogens with one attached hydrogen (secondary N) is 1. The van der Waals surface area contributed by atoms with Gasteiger partial charge in [-0.2, -0.15) is 0 Å². The van der Waals surface area contributed by atoms with Gasteiger partial charge in [0.05, 0.1) is 0 Å². The summed E-state index contributed by atoms with van der Waals surface area (Å²) < 4.78 is 3.35. The van der Waals surface area contributed by atoms with Crippen molar-refractivity contribution in [3.05, 3.63) is 67.0 Å². The van der Waals surface area contributed by atoms with E-state index in [-0.39, 0.29) is 0 Å². The third kappa shape index (κ3) is 5.20. The Hall–Kier alpha value is -0.160. The van der Waals surface area contributed by atoms with Crippen molar-refractivity contribution in [1.29, 1.82) is 0 Å². The Morgan fingerprint density at radius 3 is 2.24 bits per heavy atom. The Labute approximate surface area is 151 Å². The van der Waals surface area contributed by atoms with Crippen LogP contribution in [0.25, 0.3) is 0 Å². The minimum absolute atomic E-state index is 0.314. The van der Waals surface area contributed by atoms with Gasteiger partial charge in [0.1, 0.15) is 0 Å². The van der Waals surface area contributed by atoms with E-state index >= 15 is 0 Å². The van der Waals surface area contributed by atoms with E-state index in [2.05, 4.69) is 102 Å². The summed E-state index contributed by atoms with van der Waals surface area (Å²) in [5.41, 5.74) is 2.64. The summed E-state index contributed by atoms with van der Waals surface area (Å²) in [6.07, 6.45) is 2.11. The van der Waals surface area contributed by atoms with E-state index in [0.717, 1.165) is 32.8 Å². The zero-order chi connectivity index (χ0) is 15.2. The molecule has 0 bridgehead atoms. The van der Waals surface area contributed by atoms with Crippen LogP contribution in [0.5, 0.6) is 0 Å². The molecule has 0 fully saturated rings. The van der Waals surface area contributed by atoms with Crippen molar-refractivity contribution >= 4 is 47.8 Å². The van der Waals surface area contributed by atoms with Gasteiger partial charge < -0.3 is 5.32 Å². The molecular formula is C17H18Br3N. The lowest BCUT2D eigenvalue weighted by atomic mass is 9.99. The maximum atomic E-state index is 3.69. The fraction of sp³-hybridized carbons (Fsp3) is 0.294. The van der Waals surface area contributed by atoms with Crippen molar-refractivity contribution in [2.45, 2.75) is 25.8 Å². The molecular weight excluding hydrogens is 458 g/mol. The molecule has 0 aromatic heterocycles. The van der Waals surface area contributed by atoms with Gasteiger partial charge in [0.25, 0.3) is 0 Å². The number of hydrogen-bond donors (Lipinski definition) is 1. The topological polar surface area (TPSA) is 12.0 Å². The Kier molecular flexibility index (Phi) is 6.93. The van der Waals surface area contributed by atoms with Crippen LogP contribution in [0, 0.1) is 0 Å². The summed E-state index contributed by atoms with van der Waals surface area (Å²) in [5.74, 6) is 0. The Bertz CT molecular complexity index is 581. The molecule has 2 aromatic carbocycles. The minimum atomic E-state index is 0.314. The average molecular weight is 476 g/mol. The molecule has 0 amide bonds. The van der Waals surface area contributed by atoms with Gasteiger partial charge in [0.15, 0.2) is 0 Å². The van der Waals surface area contributed by atoms with Gasteiger partial charge in [0, 0.05) is 19.5 Å². The predicted octanol–water partition coefficient (Wildman–Crippen LogP) is 6.26. The lowest BCUT2D eigenvalue weighted by molar-refractivity contribution is 0.527. The first-order valence-electron chi connectivity index (χ1n) is 7.03. The number of benzene rings is 2. The molecule has 2 aromatic rings. The molecule has 0 saturated carbocycles. The predicted molar refractivity (Wildman–Crippen MR) is 101 cm³/mol. The molecule has 0 spiro atoms. The van der Waals surface area contributed by atoms with Gasteiger partial charge in [-0.3, -0.25) is 0 Å². The SMILES string of the molecule is CCCNC(Cc1ccc(Br)cc1)c1ccc(Br)cc1Br. The van der Waals surface area contributed by atoms with Crippen molar-refractivity contribution in [3.8, 4) is 0 Å². The maximum absolute atomic E-state index is 3.69. The van der Waals surface area contributed by atoms with Gasteiger partial charge in [-0.1, -0.05) is 72.9 Å². The van der Waals surface area contributed by atoms with Gasteiger partial charge in [0.2, 0.25) is 0 Å². The van der Waals surface area contributed by atoms with E-state index in [1.54, 1.807) is 0 Å². The summed E-state index contributed by atoms with van der Waals surface area (Å²) in [5, 5.41) is 3.65. The molecule has 1 N–H and O–H groups in total. The first kappa shape index (κ1) is 17.2. The van der Waals surface area contributed by atoms with Crippen LogP contribution in [0.4, 0.5) is 0 Å². The van der Waals surface area contributed by atoms with Crippen molar-refractivity contribution in [2.24, 2.45) is 0 Å². The molecule has 1 unspecified atom stereocenters. The molecule has 0 heterocycles. The van der Waals surface area contributed by atoms with E-state index in [0.29, 0.717) is 6.04 Å². The number of halogens is 3. The molecule has 0 aliphatic rings. The number of hydrogen-bond acceptors (Lipinski definition) is 1. The highest BCUT2D eigenvalue weighted by Crippen LogP contribution is 2.29. The molecule has 4 heteroatoms. The summed E-state index contributed by atoms with van der Waals surface area (Å²) >= 11 is 10.7. The van der Waals surface area contributed by atoms with Crippen molar-refractivity contribution in [3.63, 3.8) is 0 Å². The normalized spacial score (nSPS) is 12.4. The Morgan fingerprint density at radius 2 is 1.62 bits per heavy atom. The first-order chi connectivity index (χ1) is 10.1. The molecule has 0 aliphatic heterocycles. The fourth-order valence-corrected chi connectivity index (χ4v) is 3.84. The zero-order valence-electron chi connectivity index (χ0n) is 11.9. The average Bonchev–Trinajstić information content (AvgIpc) is 2.46. The Balaban J connectivity index is 2.22. The number of rotatable bonds is 6. The van der Waals surface area contributed by atoms with Crippen LogP contribution in [0.3, 0.4) is 0 Å². The van der Waals surface area contributed by atoms with Crippen LogP contribution in [0.2, 0.25) is 0 Å². The van der Waals surface area contributed by atoms with Gasteiger partial charge in [-0.15, -0.1) is 0 Å². The molecule has 112 valence electrons. The van der Waals surface area contributed by atoms with Gasteiger partial charge in [-0.25, -0.2) is 0 Å². The van der Waals surface area contributed by atoms with E-state index in [9.17, 15) is 0 Å². The quantitative estimate of drug-likeness (QED) is 0.520. The lowest BCUT2D eigenvalue weighted by Gasteiger charge is -2.21. The van der Waals surface area contributed by atoms with E-state index in [1.807, 2.05) is 0 Å². The highest BCUT2D eigenvalue weighted by molar-refractivity contribution is 9.11. The van der Waals surface area contributed by atoms with Crippen molar-refractivity contribution in [2.75, 3.05) is 6.54 Å². The second kappa shape index (κ2) is 8.47. The molecule has 1 nitrogen and oxygen atoms in total. The van der Waals surface area contributed by atoms with Gasteiger partial charge in [-0.05, 0) is 54.8 Å². The molecule has 1 atom stereocenters. The van der Waals surface area contributed by atoms with Gasteiger partial charge >= 0.3 is 0 Å². The maximum Gasteiger partial charge on any atom is 0.0372 e. The van der Waals surface area contributed by atoms with Crippen LogP contribution in [0.1, 0.15) is 30.5 Å². The van der Waals surface area contributed by atoms with E-state index in [4.69, 9.17) is 0 Å². The van der Waals surface area contributed by atoms with Crippen LogP contribution in [0.15, 0.2) is 55.9 Å². The highest BCUT2D eigenvalue weighted by Gasteiger charge is 2.14. The van der Waals surface area contributed by atoms with Crippen LogP contribution < -0.4 is 5.32 Å². The minimum Gasteiger partial charge on any atom is -0.310 e. The third-order valence-corrected chi connectivity index (χ3v) is 5.04. The van der Waals surface area contributed by atoms with E-state index < -0.39 is 0 Å². The molecule has 0 radical (unpaired) electrons. The van der Waals surface area contributed by atoms with Crippen LogP contribution in [-0.2, 0) is 6.42 Å². The summed E-state index contributed by atoms with van der Waals surface area (Å²) in [6.45, 7) is 3.21. The largest absolute Gasteiger partial charge is 0.310 e. The molecule has 21 heavy (non-hydrogen) atoms. The van der Waals surface area contributed by atoms with E-state index in [1.165, 1.54) is 11.1 Å². The second-order valence-corrected chi connectivity index (χ2v) is 7.69. The summed E-state index contributed by atoms with van der Waals surface area (Å²) in [7, 11) is 0. The van der Waals surface area contributed by atoms with Crippen LogP contribution >= 0.6 is 47.8 Å². The van der Waals surface area contributed by atoms with Crippen molar-refractivity contribution in [1.82, 2.24) is 5.32 Å². The Morgan fingerprint density at radius 1 is 0.952 bits per heavy atom. The molecule has 0 saturated heterocycles. The van der Waals surface area contributed by atoms with Crippen molar-refractivity contribution < 1.29 is 0 Å². The second-order valence-electron chi connectivity index (χ2n) is 5.00. The monoisotopic (exact) mass is 473 g/mol. The van der Waals surface area contributed by atoms with Crippen LogP contribution in [-0.4, -0.2) is 6.54 Å². The zero-order valence-corrected chi connectivity index (χ0v) is 16.6. The summed E-state index contributed by atoms with van der Waals surface area (Å²) in [6, 6.07) is 15.3. The molecule has 2 rings (SSSR count). The smallest absolute Gasteiger partial charge is 0.0372 e. The molecule has 0 aliphatic carbocycles. The lowest BCUT2D eigenvalue weighted by Crippen LogP contribution is -2.24. The standard InChI is InChI=1S/C17H18Br3N/c1-2-9-21-17(10-12-3-5-13(18)6-4-12)15-8-7-14(19)11-16(15)20/h3-8,11,17,21H,2,9-10H2,1H3. The first-order valence-corrected chi connectivity index (χ1v) is 9.41. The third-order valence-electron chi connectivity index (χ3n) is 3.33. The fourth-order valence-electron chi connectivity index (χ4n) is 2.25. The highest BCUT2D eigenvalue weighted by atomic mass is 79.9. The summed E-state index contributed by atoms with van der Waals surface area (Å²) in [4.78, 5) is 0.